The third kappa shape index (κ3) is 4.10. The van der Waals surface area contributed by atoms with Crippen molar-refractivity contribution in [1.82, 2.24) is 10.2 Å². The van der Waals surface area contributed by atoms with Crippen molar-refractivity contribution in [2.45, 2.75) is 38.6 Å². The highest BCUT2D eigenvalue weighted by molar-refractivity contribution is 7.21. The molecule has 1 fully saturated rings. The summed E-state index contributed by atoms with van der Waals surface area (Å²) < 4.78 is 6.46. The van der Waals surface area contributed by atoms with Gasteiger partial charge in [-0.15, -0.1) is 11.3 Å². The molecule has 25 heavy (non-hydrogen) atoms. The van der Waals surface area contributed by atoms with Crippen LogP contribution in [0.4, 0.5) is 0 Å². The van der Waals surface area contributed by atoms with Crippen LogP contribution in [0.2, 0.25) is 5.02 Å². The van der Waals surface area contributed by atoms with Crippen LogP contribution in [0.1, 0.15) is 42.3 Å². The summed E-state index contributed by atoms with van der Waals surface area (Å²) in [6.45, 7) is 4.95. The number of fused-ring (bicyclic) bond motifs is 1. The Labute approximate surface area is 158 Å². The maximum atomic E-state index is 12.6. The Morgan fingerprint density at radius 2 is 2.28 bits per heavy atom. The SMILES string of the molecule is CCC1CCCCN1CCNC(=O)c1sc2cc(Cl)ccc2c1OC. The normalized spacial score (nSPS) is 18.4. The Hall–Kier alpha value is -1.30. The fourth-order valence-corrected chi connectivity index (χ4v) is 4.97. The molecule has 4 nitrogen and oxygen atoms in total. The van der Waals surface area contributed by atoms with Gasteiger partial charge in [0.15, 0.2) is 0 Å². The van der Waals surface area contributed by atoms with Gasteiger partial charge in [0.2, 0.25) is 0 Å². The maximum Gasteiger partial charge on any atom is 0.265 e. The van der Waals surface area contributed by atoms with Crippen LogP contribution in [0, 0.1) is 0 Å². The predicted molar refractivity (Wildman–Crippen MR) is 105 cm³/mol. The standard InChI is InChI=1S/C19H25ClN2O2S/c1-3-14-6-4-5-10-22(14)11-9-21-19(23)18-17(24-2)15-8-7-13(20)12-16(15)25-18/h7-8,12,14H,3-6,9-11H2,1-2H3,(H,21,23). The summed E-state index contributed by atoms with van der Waals surface area (Å²) in [5, 5.41) is 4.66. The van der Waals surface area contributed by atoms with Gasteiger partial charge in [-0.2, -0.15) is 0 Å². The lowest BCUT2D eigenvalue weighted by atomic mass is 10.0. The minimum atomic E-state index is -0.0702. The summed E-state index contributed by atoms with van der Waals surface area (Å²) in [6.07, 6.45) is 5.03. The zero-order valence-electron chi connectivity index (χ0n) is 14.8. The number of likely N-dealkylation sites (tertiary alicyclic amines) is 1. The lowest BCUT2D eigenvalue weighted by Crippen LogP contribution is -2.43. The molecule has 1 aromatic carbocycles. The van der Waals surface area contributed by atoms with Crippen molar-refractivity contribution in [3.63, 3.8) is 0 Å². The summed E-state index contributed by atoms with van der Waals surface area (Å²) >= 11 is 7.49. The molecule has 1 amide bonds. The van der Waals surface area contributed by atoms with Crippen LogP contribution in [-0.2, 0) is 0 Å². The number of hydrogen-bond donors (Lipinski definition) is 1. The van der Waals surface area contributed by atoms with Gasteiger partial charge in [-0.1, -0.05) is 24.9 Å². The predicted octanol–water partition coefficient (Wildman–Crippen LogP) is 4.56. The highest BCUT2D eigenvalue weighted by Gasteiger charge is 2.22. The molecular weight excluding hydrogens is 356 g/mol. The molecule has 6 heteroatoms. The van der Waals surface area contributed by atoms with Crippen molar-refractivity contribution in [3.8, 4) is 5.75 Å². The second-order valence-electron chi connectivity index (χ2n) is 6.45. The van der Waals surface area contributed by atoms with E-state index in [4.69, 9.17) is 16.3 Å². The van der Waals surface area contributed by atoms with Gasteiger partial charge in [0.05, 0.1) is 7.11 Å². The van der Waals surface area contributed by atoms with E-state index in [1.54, 1.807) is 7.11 Å². The molecule has 0 radical (unpaired) electrons. The van der Waals surface area contributed by atoms with Crippen LogP contribution in [0.3, 0.4) is 0 Å². The van der Waals surface area contributed by atoms with Crippen molar-refractivity contribution in [2.75, 3.05) is 26.7 Å². The largest absolute Gasteiger partial charge is 0.494 e. The minimum Gasteiger partial charge on any atom is -0.494 e. The number of piperidine rings is 1. The Kier molecular flexibility index (Phi) is 6.20. The van der Waals surface area contributed by atoms with Gasteiger partial charge >= 0.3 is 0 Å². The first-order valence-electron chi connectivity index (χ1n) is 8.92. The number of thiophene rings is 1. The molecule has 1 aliphatic rings. The van der Waals surface area contributed by atoms with E-state index in [-0.39, 0.29) is 5.91 Å². The molecule has 1 atom stereocenters. The number of methoxy groups -OCH3 is 1. The molecule has 1 saturated heterocycles. The fraction of sp³-hybridized carbons (Fsp3) is 0.526. The van der Waals surface area contributed by atoms with E-state index in [0.717, 1.165) is 23.2 Å². The molecule has 0 spiro atoms. The lowest BCUT2D eigenvalue weighted by Gasteiger charge is -2.35. The smallest absolute Gasteiger partial charge is 0.265 e. The van der Waals surface area contributed by atoms with Crippen LogP contribution < -0.4 is 10.1 Å². The van der Waals surface area contributed by atoms with Gasteiger partial charge in [0, 0.05) is 34.2 Å². The van der Waals surface area contributed by atoms with Gasteiger partial charge in [0.1, 0.15) is 10.6 Å². The van der Waals surface area contributed by atoms with E-state index < -0.39 is 0 Å². The van der Waals surface area contributed by atoms with Crippen molar-refractivity contribution >= 4 is 38.9 Å². The first-order chi connectivity index (χ1) is 12.1. The summed E-state index contributed by atoms with van der Waals surface area (Å²) in [7, 11) is 1.60. The number of amides is 1. The lowest BCUT2D eigenvalue weighted by molar-refractivity contribution is 0.0935. The summed E-state index contributed by atoms with van der Waals surface area (Å²) in [5.41, 5.74) is 0. The zero-order chi connectivity index (χ0) is 17.8. The molecule has 1 unspecified atom stereocenters. The van der Waals surface area contributed by atoms with E-state index in [1.807, 2.05) is 18.2 Å². The van der Waals surface area contributed by atoms with Crippen LogP contribution in [0.15, 0.2) is 18.2 Å². The van der Waals surface area contributed by atoms with E-state index in [9.17, 15) is 4.79 Å². The number of benzene rings is 1. The second-order valence-corrected chi connectivity index (χ2v) is 7.94. The monoisotopic (exact) mass is 380 g/mol. The molecule has 1 N–H and O–H groups in total. The number of hydrogen-bond acceptors (Lipinski definition) is 4. The van der Waals surface area contributed by atoms with E-state index >= 15 is 0 Å². The van der Waals surface area contributed by atoms with Gasteiger partial charge in [-0.3, -0.25) is 9.69 Å². The van der Waals surface area contributed by atoms with Crippen LogP contribution in [0.5, 0.6) is 5.75 Å². The highest BCUT2D eigenvalue weighted by Crippen LogP contribution is 2.38. The van der Waals surface area contributed by atoms with Crippen molar-refractivity contribution < 1.29 is 9.53 Å². The van der Waals surface area contributed by atoms with Crippen molar-refractivity contribution in [1.29, 1.82) is 0 Å². The second kappa shape index (κ2) is 8.39. The number of halogens is 1. The van der Waals surface area contributed by atoms with Gasteiger partial charge < -0.3 is 10.1 Å². The first kappa shape index (κ1) is 18.5. The zero-order valence-corrected chi connectivity index (χ0v) is 16.4. The van der Waals surface area contributed by atoms with Gasteiger partial charge in [-0.25, -0.2) is 0 Å². The number of carbonyl (C=O) groups excluding carboxylic acids is 1. The first-order valence-corrected chi connectivity index (χ1v) is 10.1. The quantitative estimate of drug-likeness (QED) is 0.798. The van der Waals surface area contributed by atoms with Gasteiger partial charge in [-0.05, 0) is 44.0 Å². The number of rotatable bonds is 6. The number of carbonyl (C=O) groups is 1. The number of nitrogens with one attached hydrogen (secondary N) is 1. The third-order valence-corrected chi connectivity index (χ3v) is 6.29. The Morgan fingerprint density at radius 1 is 1.44 bits per heavy atom. The van der Waals surface area contributed by atoms with E-state index in [1.165, 1.54) is 37.0 Å². The number of nitrogens with zero attached hydrogens (tertiary/aromatic N) is 1. The van der Waals surface area contributed by atoms with E-state index in [0.29, 0.717) is 28.2 Å². The molecule has 1 aliphatic heterocycles. The fourth-order valence-electron chi connectivity index (χ4n) is 3.61. The van der Waals surface area contributed by atoms with Crippen LogP contribution in [0.25, 0.3) is 10.1 Å². The van der Waals surface area contributed by atoms with E-state index in [2.05, 4.69) is 17.1 Å². The third-order valence-electron chi connectivity index (χ3n) is 4.92. The summed E-state index contributed by atoms with van der Waals surface area (Å²) in [5.74, 6) is 0.567. The Morgan fingerprint density at radius 3 is 3.04 bits per heavy atom. The average Bonchev–Trinajstić information content (AvgIpc) is 2.99. The minimum absolute atomic E-state index is 0.0702. The van der Waals surface area contributed by atoms with Crippen molar-refractivity contribution in [3.05, 3.63) is 28.1 Å². The van der Waals surface area contributed by atoms with Crippen molar-refractivity contribution in [2.24, 2.45) is 0 Å². The molecule has 0 aliphatic carbocycles. The molecule has 2 aromatic rings. The molecule has 1 aromatic heterocycles. The molecule has 0 saturated carbocycles. The Balaban J connectivity index is 1.66. The average molecular weight is 381 g/mol. The summed E-state index contributed by atoms with van der Waals surface area (Å²) in [6, 6.07) is 6.26. The topological polar surface area (TPSA) is 41.6 Å². The Bertz CT molecular complexity index is 746. The van der Waals surface area contributed by atoms with Crippen LogP contribution in [-0.4, -0.2) is 43.6 Å². The molecule has 136 valence electrons. The molecule has 2 heterocycles. The molecular formula is C19H25ClN2O2S. The van der Waals surface area contributed by atoms with Crippen LogP contribution >= 0.6 is 22.9 Å². The molecule has 0 bridgehead atoms. The highest BCUT2D eigenvalue weighted by atomic mass is 35.5. The number of ether oxygens (including phenoxy) is 1. The summed E-state index contributed by atoms with van der Waals surface area (Å²) in [4.78, 5) is 15.8. The van der Waals surface area contributed by atoms with Gasteiger partial charge in [0.25, 0.3) is 5.91 Å². The maximum absolute atomic E-state index is 12.6. The molecule has 3 rings (SSSR count).